The molecule has 0 aliphatic heterocycles. The normalized spacial score (nSPS) is 12.8. The third-order valence-corrected chi connectivity index (χ3v) is 4.76. The van der Waals surface area contributed by atoms with Crippen molar-refractivity contribution >= 4 is 15.9 Å². The summed E-state index contributed by atoms with van der Waals surface area (Å²) in [5.41, 5.74) is 0.651. The zero-order chi connectivity index (χ0) is 17.6. The fraction of sp³-hybridized carbons (Fsp3) is 0.333. The molecular weight excluding hydrogens is 335 g/mol. The molecule has 24 heavy (non-hydrogen) atoms. The predicted octanol–water partition coefficient (Wildman–Crippen LogP) is 0.819. The van der Waals surface area contributed by atoms with Crippen LogP contribution < -0.4 is 10.0 Å². The molecule has 2 N–H and O–H groups in total. The second-order valence-corrected chi connectivity index (χ2v) is 7.17. The smallest absolute Gasteiger partial charge is 0.242 e. The number of aromatic nitrogens is 2. The van der Waals surface area contributed by atoms with Gasteiger partial charge in [0.2, 0.25) is 15.9 Å². The van der Waals surface area contributed by atoms with Gasteiger partial charge in [-0.3, -0.25) is 4.79 Å². The predicted molar refractivity (Wildman–Crippen MR) is 87.0 cm³/mol. The van der Waals surface area contributed by atoms with E-state index in [9.17, 15) is 17.6 Å². The SMILES string of the molecule is CC(C(=O)NCCS(=O)(=O)NCc1ccc(F)cc1)n1ccnc1. The van der Waals surface area contributed by atoms with Gasteiger partial charge in [0.1, 0.15) is 11.9 Å². The van der Waals surface area contributed by atoms with Crippen molar-refractivity contribution in [2.45, 2.75) is 19.5 Å². The summed E-state index contributed by atoms with van der Waals surface area (Å²) in [6.07, 6.45) is 4.74. The molecule has 0 saturated carbocycles. The molecule has 7 nitrogen and oxygen atoms in total. The van der Waals surface area contributed by atoms with Crippen LogP contribution in [0.2, 0.25) is 0 Å². The summed E-state index contributed by atoms with van der Waals surface area (Å²) in [5.74, 6) is -0.908. The van der Waals surface area contributed by atoms with Gasteiger partial charge in [0, 0.05) is 25.5 Å². The van der Waals surface area contributed by atoms with Crippen LogP contribution in [0.5, 0.6) is 0 Å². The molecule has 0 aliphatic rings. The number of hydrogen-bond donors (Lipinski definition) is 2. The van der Waals surface area contributed by atoms with Gasteiger partial charge in [0.25, 0.3) is 0 Å². The number of amides is 1. The largest absolute Gasteiger partial charge is 0.353 e. The quantitative estimate of drug-likeness (QED) is 0.734. The van der Waals surface area contributed by atoms with Crippen LogP contribution >= 0.6 is 0 Å². The van der Waals surface area contributed by atoms with E-state index < -0.39 is 16.1 Å². The molecular formula is C15H19FN4O3S. The minimum Gasteiger partial charge on any atom is -0.353 e. The molecule has 130 valence electrons. The highest BCUT2D eigenvalue weighted by Crippen LogP contribution is 2.04. The molecule has 0 spiro atoms. The standard InChI is InChI=1S/C15H19FN4O3S/c1-12(20-8-6-17-11-20)15(21)18-7-9-24(22,23)19-10-13-2-4-14(16)5-3-13/h2-6,8,11-12,19H,7,9-10H2,1H3,(H,18,21). The molecule has 0 aliphatic carbocycles. The van der Waals surface area contributed by atoms with E-state index in [-0.39, 0.29) is 30.6 Å². The fourth-order valence-electron chi connectivity index (χ4n) is 1.96. The van der Waals surface area contributed by atoms with Crippen molar-refractivity contribution in [2.24, 2.45) is 0 Å². The molecule has 1 aromatic carbocycles. The Morgan fingerprint density at radius 2 is 2.04 bits per heavy atom. The Morgan fingerprint density at radius 1 is 1.33 bits per heavy atom. The molecule has 2 aromatic rings. The van der Waals surface area contributed by atoms with Gasteiger partial charge in [-0.05, 0) is 24.6 Å². The zero-order valence-corrected chi connectivity index (χ0v) is 14.0. The van der Waals surface area contributed by atoms with E-state index in [0.29, 0.717) is 5.56 Å². The minimum absolute atomic E-state index is 0.00335. The van der Waals surface area contributed by atoms with Crippen LogP contribution in [-0.2, 0) is 21.4 Å². The van der Waals surface area contributed by atoms with Crippen molar-refractivity contribution in [1.82, 2.24) is 19.6 Å². The van der Waals surface area contributed by atoms with Crippen LogP contribution in [0.15, 0.2) is 43.0 Å². The molecule has 1 aromatic heterocycles. The van der Waals surface area contributed by atoms with Crippen LogP contribution in [0.25, 0.3) is 0 Å². The molecule has 2 rings (SSSR count). The van der Waals surface area contributed by atoms with Gasteiger partial charge < -0.3 is 9.88 Å². The lowest BCUT2D eigenvalue weighted by Gasteiger charge is -2.13. The second kappa shape index (κ2) is 8.02. The Kier molecular flexibility index (Phi) is 6.04. The molecule has 1 heterocycles. The number of sulfonamides is 1. The monoisotopic (exact) mass is 354 g/mol. The maximum atomic E-state index is 12.8. The van der Waals surface area contributed by atoms with Gasteiger partial charge in [0.15, 0.2) is 0 Å². The maximum absolute atomic E-state index is 12.8. The Hall–Kier alpha value is -2.26. The number of carbonyl (C=O) groups excluding carboxylic acids is 1. The maximum Gasteiger partial charge on any atom is 0.242 e. The van der Waals surface area contributed by atoms with E-state index in [1.165, 1.54) is 30.6 Å². The highest BCUT2D eigenvalue weighted by Gasteiger charge is 2.15. The molecule has 1 unspecified atom stereocenters. The van der Waals surface area contributed by atoms with E-state index in [2.05, 4.69) is 15.0 Å². The van der Waals surface area contributed by atoms with E-state index in [0.717, 1.165) is 0 Å². The van der Waals surface area contributed by atoms with E-state index >= 15 is 0 Å². The third-order valence-electron chi connectivity index (χ3n) is 3.43. The van der Waals surface area contributed by atoms with Gasteiger partial charge in [-0.15, -0.1) is 0 Å². The van der Waals surface area contributed by atoms with Crippen molar-refractivity contribution < 1.29 is 17.6 Å². The fourth-order valence-corrected chi connectivity index (χ4v) is 2.86. The lowest BCUT2D eigenvalue weighted by Crippen LogP contribution is -2.37. The number of nitrogens with zero attached hydrogens (tertiary/aromatic N) is 2. The Labute approximate surface area is 140 Å². The molecule has 0 bridgehead atoms. The van der Waals surface area contributed by atoms with Crippen molar-refractivity contribution in [1.29, 1.82) is 0 Å². The Morgan fingerprint density at radius 3 is 2.67 bits per heavy atom. The highest BCUT2D eigenvalue weighted by atomic mass is 32.2. The number of halogens is 1. The Bertz CT molecular complexity index is 761. The molecule has 0 saturated heterocycles. The van der Waals surface area contributed by atoms with E-state index in [1.807, 2.05) is 0 Å². The lowest BCUT2D eigenvalue weighted by molar-refractivity contribution is -0.123. The topological polar surface area (TPSA) is 93.1 Å². The van der Waals surface area contributed by atoms with Crippen molar-refractivity contribution in [2.75, 3.05) is 12.3 Å². The number of nitrogens with one attached hydrogen (secondary N) is 2. The van der Waals surface area contributed by atoms with Gasteiger partial charge in [-0.1, -0.05) is 12.1 Å². The van der Waals surface area contributed by atoms with Gasteiger partial charge in [-0.2, -0.15) is 0 Å². The minimum atomic E-state index is -3.54. The summed E-state index contributed by atoms with van der Waals surface area (Å²) in [6.45, 7) is 1.76. The molecule has 9 heteroatoms. The second-order valence-electron chi connectivity index (χ2n) is 5.24. The first-order valence-electron chi connectivity index (χ1n) is 7.34. The number of rotatable bonds is 8. The summed E-state index contributed by atoms with van der Waals surface area (Å²) in [4.78, 5) is 15.8. The number of benzene rings is 1. The Balaban J connectivity index is 1.76. The van der Waals surface area contributed by atoms with Crippen LogP contribution in [-0.4, -0.2) is 36.2 Å². The van der Waals surface area contributed by atoms with E-state index in [1.54, 1.807) is 23.9 Å². The number of imidazole rings is 1. The first-order chi connectivity index (χ1) is 11.4. The zero-order valence-electron chi connectivity index (χ0n) is 13.1. The van der Waals surface area contributed by atoms with Gasteiger partial charge >= 0.3 is 0 Å². The third kappa shape index (κ3) is 5.43. The summed E-state index contributed by atoms with van der Waals surface area (Å²) in [5, 5.41) is 2.58. The first kappa shape index (κ1) is 18.1. The molecule has 0 fully saturated rings. The van der Waals surface area contributed by atoms with Crippen molar-refractivity contribution in [3.63, 3.8) is 0 Å². The first-order valence-corrected chi connectivity index (χ1v) is 8.99. The number of hydrogen-bond acceptors (Lipinski definition) is 4. The van der Waals surface area contributed by atoms with Crippen LogP contribution in [0, 0.1) is 5.82 Å². The van der Waals surface area contributed by atoms with Crippen molar-refractivity contribution in [3.05, 3.63) is 54.4 Å². The summed E-state index contributed by atoms with van der Waals surface area (Å²) in [7, 11) is -3.54. The summed E-state index contributed by atoms with van der Waals surface area (Å²) >= 11 is 0. The molecule has 1 atom stereocenters. The molecule has 0 radical (unpaired) electrons. The van der Waals surface area contributed by atoms with Crippen LogP contribution in [0.4, 0.5) is 4.39 Å². The van der Waals surface area contributed by atoms with Crippen LogP contribution in [0.1, 0.15) is 18.5 Å². The number of carbonyl (C=O) groups is 1. The van der Waals surface area contributed by atoms with Gasteiger partial charge in [0.05, 0.1) is 12.1 Å². The average Bonchev–Trinajstić information content (AvgIpc) is 3.08. The highest BCUT2D eigenvalue weighted by molar-refractivity contribution is 7.89. The van der Waals surface area contributed by atoms with Crippen LogP contribution in [0.3, 0.4) is 0 Å². The van der Waals surface area contributed by atoms with Crippen molar-refractivity contribution in [3.8, 4) is 0 Å². The van der Waals surface area contributed by atoms with E-state index in [4.69, 9.17) is 0 Å². The lowest BCUT2D eigenvalue weighted by atomic mass is 10.2. The summed E-state index contributed by atoms with van der Waals surface area (Å²) < 4.78 is 40.6. The summed E-state index contributed by atoms with van der Waals surface area (Å²) in [6, 6.07) is 5.07. The molecule has 1 amide bonds. The average molecular weight is 354 g/mol. The van der Waals surface area contributed by atoms with Gasteiger partial charge in [-0.25, -0.2) is 22.5 Å².